The first-order valence-corrected chi connectivity index (χ1v) is 4.20. The summed E-state index contributed by atoms with van der Waals surface area (Å²) in [6, 6.07) is 7.58. The molecule has 0 fully saturated rings. The van der Waals surface area contributed by atoms with Crippen molar-refractivity contribution in [3.05, 3.63) is 35.9 Å². The Labute approximate surface area is 80.8 Å². The molecule has 0 aliphatic rings. The van der Waals surface area contributed by atoms with Crippen LogP contribution in [0.25, 0.3) is 0 Å². The third-order valence-corrected chi connectivity index (χ3v) is 2.03. The van der Waals surface area contributed by atoms with Crippen molar-refractivity contribution in [2.75, 3.05) is 6.61 Å². The summed E-state index contributed by atoms with van der Waals surface area (Å²) in [4.78, 5) is 10.7. The first-order valence-electron chi connectivity index (χ1n) is 4.20. The molecule has 0 spiro atoms. The van der Waals surface area contributed by atoms with Gasteiger partial charge in [0.1, 0.15) is 0 Å². The van der Waals surface area contributed by atoms with E-state index in [0.29, 0.717) is 0 Å². The second-order valence-corrected chi connectivity index (χ2v) is 2.95. The number of halogens is 1. The number of carboxylic acids is 1. The molecule has 1 rings (SSSR count). The SMILES string of the molecule is O=C(O)C(F)(CCO)c1ccccc1. The van der Waals surface area contributed by atoms with E-state index in [-0.39, 0.29) is 5.56 Å². The molecule has 4 heteroatoms. The van der Waals surface area contributed by atoms with Gasteiger partial charge < -0.3 is 10.2 Å². The highest BCUT2D eigenvalue weighted by molar-refractivity contribution is 5.79. The molecule has 0 radical (unpaired) electrons. The molecule has 0 bridgehead atoms. The summed E-state index contributed by atoms with van der Waals surface area (Å²) in [5.74, 6) is -1.57. The van der Waals surface area contributed by atoms with Crippen LogP contribution in [0.4, 0.5) is 4.39 Å². The van der Waals surface area contributed by atoms with Gasteiger partial charge in [0.05, 0.1) is 0 Å². The van der Waals surface area contributed by atoms with E-state index in [4.69, 9.17) is 10.2 Å². The molecule has 0 saturated heterocycles. The molecule has 0 saturated carbocycles. The van der Waals surface area contributed by atoms with Crippen molar-refractivity contribution in [2.45, 2.75) is 12.1 Å². The molecule has 0 aromatic heterocycles. The Morgan fingerprint density at radius 2 is 1.93 bits per heavy atom. The zero-order valence-electron chi connectivity index (χ0n) is 7.48. The normalized spacial score (nSPS) is 14.7. The van der Waals surface area contributed by atoms with Gasteiger partial charge >= 0.3 is 5.97 Å². The van der Waals surface area contributed by atoms with Crippen LogP contribution in [0.3, 0.4) is 0 Å². The van der Waals surface area contributed by atoms with Gasteiger partial charge in [0.15, 0.2) is 0 Å². The molecule has 0 amide bonds. The van der Waals surface area contributed by atoms with Crippen LogP contribution in [0.5, 0.6) is 0 Å². The van der Waals surface area contributed by atoms with Gasteiger partial charge in [-0.2, -0.15) is 0 Å². The summed E-state index contributed by atoms with van der Waals surface area (Å²) in [6.07, 6.45) is -0.438. The average molecular weight is 198 g/mol. The van der Waals surface area contributed by atoms with Crippen LogP contribution in [0, 0.1) is 0 Å². The minimum atomic E-state index is -2.49. The summed E-state index contributed by atoms with van der Waals surface area (Å²) in [5.41, 5.74) is -2.43. The lowest BCUT2D eigenvalue weighted by atomic mass is 9.93. The Morgan fingerprint density at radius 3 is 2.36 bits per heavy atom. The number of aliphatic carboxylic acids is 1. The van der Waals surface area contributed by atoms with Crippen molar-refractivity contribution in [1.29, 1.82) is 0 Å². The first-order chi connectivity index (χ1) is 6.61. The maximum atomic E-state index is 13.9. The van der Waals surface area contributed by atoms with Crippen LogP contribution in [-0.2, 0) is 10.5 Å². The van der Waals surface area contributed by atoms with E-state index < -0.39 is 24.7 Å². The van der Waals surface area contributed by atoms with E-state index in [1.54, 1.807) is 18.2 Å². The maximum Gasteiger partial charge on any atom is 0.346 e. The summed E-state index contributed by atoms with van der Waals surface area (Å²) >= 11 is 0. The number of rotatable bonds is 4. The standard InChI is InChI=1S/C10H11FO3/c11-10(6-7-12,9(13)14)8-4-2-1-3-5-8/h1-5,12H,6-7H2,(H,13,14). The van der Waals surface area contributed by atoms with Crippen LogP contribution >= 0.6 is 0 Å². The molecule has 0 heterocycles. The van der Waals surface area contributed by atoms with Gasteiger partial charge in [-0.05, 0) is 0 Å². The molecule has 76 valence electrons. The number of carbonyl (C=O) groups is 1. The lowest BCUT2D eigenvalue weighted by molar-refractivity contribution is -0.152. The van der Waals surface area contributed by atoms with Gasteiger partial charge in [0, 0.05) is 18.6 Å². The smallest absolute Gasteiger partial charge is 0.346 e. The molecule has 2 N–H and O–H groups in total. The van der Waals surface area contributed by atoms with E-state index in [1.807, 2.05) is 0 Å². The Balaban J connectivity index is 3.06. The summed E-state index contributed by atoms with van der Waals surface area (Å²) in [6.45, 7) is -0.502. The molecule has 14 heavy (non-hydrogen) atoms. The van der Waals surface area contributed by atoms with Crippen LogP contribution in [-0.4, -0.2) is 22.8 Å². The highest BCUT2D eigenvalue weighted by atomic mass is 19.1. The molecule has 1 atom stereocenters. The highest BCUT2D eigenvalue weighted by Crippen LogP contribution is 2.29. The Kier molecular flexibility index (Phi) is 3.19. The minimum Gasteiger partial charge on any atom is -0.479 e. The lowest BCUT2D eigenvalue weighted by Gasteiger charge is -2.19. The van der Waals surface area contributed by atoms with Gasteiger partial charge in [-0.25, -0.2) is 9.18 Å². The fourth-order valence-corrected chi connectivity index (χ4v) is 1.23. The third kappa shape index (κ3) is 1.90. The lowest BCUT2D eigenvalue weighted by Crippen LogP contribution is -2.31. The number of alkyl halides is 1. The number of hydrogen-bond acceptors (Lipinski definition) is 2. The monoisotopic (exact) mass is 198 g/mol. The molecule has 0 aliphatic heterocycles. The second kappa shape index (κ2) is 4.19. The molecular formula is C10H11FO3. The van der Waals surface area contributed by atoms with Gasteiger partial charge in [-0.3, -0.25) is 0 Å². The predicted molar refractivity (Wildman–Crippen MR) is 48.6 cm³/mol. The van der Waals surface area contributed by atoms with Crippen LogP contribution in [0.1, 0.15) is 12.0 Å². The zero-order chi connectivity index (χ0) is 10.6. The fourth-order valence-electron chi connectivity index (χ4n) is 1.23. The molecule has 1 aromatic rings. The average Bonchev–Trinajstić information content (AvgIpc) is 2.19. The molecular weight excluding hydrogens is 187 g/mol. The Bertz CT molecular complexity index is 312. The van der Waals surface area contributed by atoms with Crippen molar-refractivity contribution in [1.82, 2.24) is 0 Å². The number of aliphatic hydroxyl groups excluding tert-OH is 1. The number of aliphatic hydroxyl groups is 1. The van der Waals surface area contributed by atoms with E-state index >= 15 is 0 Å². The molecule has 1 unspecified atom stereocenters. The second-order valence-electron chi connectivity index (χ2n) is 2.95. The number of carboxylic acid groups (broad SMARTS) is 1. The van der Waals surface area contributed by atoms with Crippen molar-refractivity contribution in [3.8, 4) is 0 Å². The fraction of sp³-hybridized carbons (Fsp3) is 0.300. The van der Waals surface area contributed by atoms with E-state index in [9.17, 15) is 9.18 Å². The summed E-state index contributed by atoms with van der Waals surface area (Å²) in [7, 11) is 0. The largest absolute Gasteiger partial charge is 0.479 e. The van der Waals surface area contributed by atoms with Gasteiger partial charge in [-0.1, -0.05) is 30.3 Å². The highest BCUT2D eigenvalue weighted by Gasteiger charge is 2.39. The molecule has 3 nitrogen and oxygen atoms in total. The first kappa shape index (κ1) is 10.7. The van der Waals surface area contributed by atoms with Crippen molar-refractivity contribution in [3.63, 3.8) is 0 Å². The Hall–Kier alpha value is -1.42. The van der Waals surface area contributed by atoms with Crippen molar-refractivity contribution in [2.24, 2.45) is 0 Å². The molecule has 0 aliphatic carbocycles. The van der Waals surface area contributed by atoms with E-state index in [2.05, 4.69) is 0 Å². The quantitative estimate of drug-likeness (QED) is 0.767. The van der Waals surface area contributed by atoms with Gasteiger partial charge in [0.25, 0.3) is 0 Å². The topological polar surface area (TPSA) is 57.5 Å². The van der Waals surface area contributed by atoms with Crippen LogP contribution in [0.15, 0.2) is 30.3 Å². The third-order valence-electron chi connectivity index (χ3n) is 2.03. The minimum absolute atomic E-state index is 0.0570. The maximum absolute atomic E-state index is 13.9. The molecule has 1 aromatic carbocycles. The van der Waals surface area contributed by atoms with Crippen LogP contribution < -0.4 is 0 Å². The summed E-state index contributed by atoms with van der Waals surface area (Å²) in [5, 5.41) is 17.3. The van der Waals surface area contributed by atoms with Crippen molar-refractivity contribution >= 4 is 5.97 Å². The van der Waals surface area contributed by atoms with Gasteiger partial charge in [0.2, 0.25) is 5.67 Å². The summed E-state index contributed by atoms with van der Waals surface area (Å²) < 4.78 is 13.9. The van der Waals surface area contributed by atoms with Crippen molar-refractivity contribution < 1.29 is 19.4 Å². The number of benzene rings is 1. The predicted octanol–water partition coefficient (Wildman–Crippen LogP) is 1.32. The van der Waals surface area contributed by atoms with E-state index in [0.717, 1.165) is 0 Å². The zero-order valence-corrected chi connectivity index (χ0v) is 7.48. The van der Waals surface area contributed by atoms with Gasteiger partial charge in [-0.15, -0.1) is 0 Å². The van der Waals surface area contributed by atoms with E-state index in [1.165, 1.54) is 12.1 Å². The number of hydrogen-bond donors (Lipinski definition) is 2. The Morgan fingerprint density at radius 1 is 1.36 bits per heavy atom. The van der Waals surface area contributed by atoms with Crippen LogP contribution in [0.2, 0.25) is 0 Å².